The summed E-state index contributed by atoms with van der Waals surface area (Å²) in [6.45, 7) is 7.02. The molecule has 0 aromatic heterocycles. The zero-order valence-electron chi connectivity index (χ0n) is 21.7. The molecule has 187 valence electrons. The van der Waals surface area contributed by atoms with Crippen molar-refractivity contribution in [3.63, 3.8) is 0 Å². The van der Waals surface area contributed by atoms with Gasteiger partial charge in [0.25, 0.3) is 0 Å². The van der Waals surface area contributed by atoms with Gasteiger partial charge in [0, 0.05) is 0 Å². The molecule has 0 N–H and O–H groups in total. The molecule has 37 heavy (non-hydrogen) atoms. The molecule has 0 heterocycles. The number of allylic oxidation sites excluding steroid dienone is 2. The average Bonchev–Trinajstić information content (AvgIpc) is 3.51. The van der Waals surface area contributed by atoms with Gasteiger partial charge in [0.1, 0.15) is 0 Å². The number of rotatable bonds is 6. The van der Waals surface area contributed by atoms with Gasteiger partial charge in [-0.25, -0.2) is 0 Å². The van der Waals surface area contributed by atoms with Crippen LogP contribution in [0.4, 0.5) is 0 Å². The van der Waals surface area contributed by atoms with E-state index in [1.54, 1.807) is 0 Å². The molecule has 2 aliphatic rings. The summed E-state index contributed by atoms with van der Waals surface area (Å²) in [5, 5.41) is 4.94. The van der Waals surface area contributed by atoms with Crippen molar-refractivity contribution in [3.8, 4) is 11.1 Å². The number of fused-ring (bicyclic) bond motifs is 3. The molecule has 0 amide bonds. The van der Waals surface area contributed by atoms with E-state index in [4.69, 9.17) is 17.0 Å². The van der Waals surface area contributed by atoms with E-state index in [2.05, 4.69) is 124 Å². The van der Waals surface area contributed by atoms with Crippen molar-refractivity contribution in [2.24, 2.45) is 0 Å². The van der Waals surface area contributed by atoms with Crippen molar-refractivity contribution < 1.29 is 13.9 Å². The molecule has 0 nitrogen and oxygen atoms in total. The fourth-order valence-corrected chi connectivity index (χ4v) is 88.7. The third-order valence-corrected chi connectivity index (χ3v) is 88.5. The first-order valence-electron chi connectivity index (χ1n) is 13.5. The molecule has 4 heteroatoms. The van der Waals surface area contributed by atoms with Crippen LogP contribution < -0.4 is 0 Å². The summed E-state index contributed by atoms with van der Waals surface area (Å²) in [6, 6.07) is 31.0. The van der Waals surface area contributed by atoms with E-state index in [0.717, 1.165) is 0 Å². The molecular weight excluding hydrogens is 631 g/mol. The van der Waals surface area contributed by atoms with Crippen LogP contribution in [0.1, 0.15) is 50.3 Å². The number of halogens is 2. The fourth-order valence-electron chi connectivity index (χ4n) is 7.45. The van der Waals surface area contributed by atoms with Gasteiger partial charge in [-0.15, -0.1) is 0 Å². The van der Waals surface area contributed by atoms with E-state index in [9.17, 15) is 0 Å². The van der Waals surface area contributed by atoms with Crippen molar-refractivity contribution in [1.82, 2.24) is 0 Å². The summed E-state index contributed by atoms with van der Waals surface area (Å²) >= 11 is -4.52. The van der Waals surface area contributed by atoms with Crippen molar-refractivity contribution in [2.45, 2.75) is 38.5 Å². The summed E-state index contributed by atoms with van der Waals surface area (Å²) < 4.78 is 0.354. The first-order valence-corrected chi connectivity index (χ1v) is 34.7. The first kappa shape index (κ1) is 25.9. The summed E-state index contributed by atoms with van der Waals surface area (Å²) in [5.74, 6) is 0. The quantitative estimate of drug-likeness (QED) is 0.180. The molecule has 0 spiro atoms. The van der Waals surface area contributed by atoms with E-state index in [-0.39, 0.29) is 7.25 Å². The van der Waals surface area contributed by atoms with Crippen molar-refractivity contribution >= 4 is 50.5 Å². The van der Waals surface area contributed by atoms with Crippen LogP contribution in [-0.2, 0) is 13.9 Å². The van der Waals surface area contributed by atoms with Gasteiger partial charge >= 0.3 is 233 Å². The Balaban J connectivity index is 1.59. The van der Waals surface area contributed by atoms with Crippen LogP contribution in [0.25, 0.3) is 34.1 Å². The van der Waals surface area contributed by atoms with Crippen LogP contribution in [0.2, 0.25) is 10.5 Å². The second-order valence-corrected chi connectivity index (χ2v) is 72.3. The maximum atomic E-state index is 8.38. The molecule has 2 aliphatic carbocycles. The Morgan fingerprint density at radius 2 is 1.41 bits per heavy atom. The average molecular weight is 664 g/mol. The summed E-state index contributed by atoms with van der Waals surface area (Å²) in [5.41, 5.74) is 9.30. The third kappa shape index (κ3) is 3.87. The molecule has 0 saturated carbocycles. The minimum atomic E-state index is -4.52. The third-order valence-electron chi connectivity index (χ3n) is 9.07. The van der Waals surface area contributed by atoms with Crippen LogP contribution in [-0.4, -0.2) is 10.6 Å². The molecule has 6 rings (SSSR count). The van der Waals surface area contributed by atoms with Crippen molar-refractivity contribution in [2.75, 3.05) is 0 Å². The van der Waals surface area contributed by atoms with Crippen LogP contribution in [0.15, 0.2) is 96.6 Å². The second kappa shape index (κ2) is 9.67. The molecule has 0 bridgehead atoms. The van der Waals surface area contributed by atoms with E-state index < -0.39 is 24.4 Å². The molecule has 0 radical (unpaired) electrons. The van der Waals surface area contributed by atoms with E-state index >= 15 is 0 Å². The van der Waals surface area contributed by atoms with Crippen LogP contribution in [0, 0.1) is 0 Å². The predicted octanol–water partition coefficient (Wildman–Crippen LogP) is 10.5. The first-order chi connectivity index (χ1) is 17.9. The molecular formula is C33H33Cl2GeZr. The molecule has 0 saturated heterocycles. The van der Waals surface area contributed by atoms with Gasteiger partial charge in [-0.3, -0.25) is 0 Å². The molecule has 2 atom stereocenters. The molecule has 0 fully saturated rings. The number of benzene rings is 4. The Morgan fingerprint density at radius 3 is 2.22 bits per heavy atom. The Kier molecular flexibility index (Phi) is 6.76. The Hall–Kier alpha value is -1.37. The normalized spacial score (nSPS) is 19.5. The zero-order valence-corrected chi connectivity index (χ0v) is 28.1. The zero-order chi connectivity index (χ0) is 25.8. The Labute approximate surface area is 230 Å². The van der Waals surface area contributed by atoms with Crippen LogP contribution >= 0.6 is 17.0 Å². The molecule has 4 aromatic rings. The van der Waals surface area contributed by atoms with Gasteiger partial charge in [0.15, 0.2) is 0 Å². The van der Waals surface area contributed by atoms with Gasteiger partial charge in [0.05, 0.1) is 0 Å². The van der Waals surface area contributed by atoms with Crippen molar-refractivity contribution in [3.05, 3.63) is 119 Å². The maximum absolute atomic E-state index is 8.38. The standard InChI is InChI=1S/C20H15.C9H7.C4H11Ge.2ClH.Zr/c1-14-12-16-8-5-11-19(20(16)13-14)18-10-4-7-15-6-2-3-9-17(15)18;1-2-5-9-7-3-6-8(9)4-1;1-3-5-4-2;;;/h2-13H,1H3;1-7H;5H,3-4H2,1-2H3;2*1H;/q;;;;;+2/p-2. The van der Waals surface area contributed by atoms with Gasteiger partial charge in [-0.05, 0) is 0 Å². The van der Waals surface area contributed by atoms with Gasteiger partial charge < -0.3 is 0 Å². The van der Waals surface area contributed by atoms with E-state index in [1.807, 2.05) is 0 Å². The van der Waals surface area contributed by atoms with Gasteiger partial charge in [0.2, 0.25) is 0 Å². The Morgan fingerprint density at radius 1 is 0.757 bits per heavy atom. The number of hydrogen-bond acceptors (Lipinski definition) is 0. The summed E-state index contributed by atoms with van der Waals surface area (Å²) in [6.07, 6.45) is 7.09. The minimum absolute atomic E-state index is 0.167. The van der Waals surface area contributed by atoms with Gasteiger partial charge in [-0.2, -0.15) is 0 Å². The summed E-state index contributed by atoms with van der Waals surface area (Å²) in [7, 11) is 14.7. The SMILES string of the molecule is C[CH2][GeH]([CH2]C)[Zr]([Cl])([Cl])([CH]1C=Cc2ccccc21)[CH]1C(C)=Cc2c(-c3cccc4ccccc34)cccc21. The Bertz CT molecular complexity index is 1580. The van der Waals surface area contributed by atoms with Crippen molar-refractivity contribution in [1.29, 1.82) is 0 Å². The molecule has 0 aliphatic heterocycles. The van der Waals surface area contributed by atoms with E-state index in [1.165, 1.54) is 60.2 Å². The van der Waals surface area contributed by atoms with Crippen LogP contribution in [0.5, 0.6) is 0 Å². The molecule has 2 unspecified atom stereocenters. The topological polar surface area (TPSA) is 0 Å². The van der Waals surface area contributed by atoms with Crippen LogP contribution in [0.3, 0.4) is 0 Å². The predicted molar refractivity (Wildman–Crippen MR) is 164 cm³/mol. The van der Waals surface area contributed by atoms with E-state index in [0.29, 0.717) is 0 Å². The monoisotopic (exact) mass is 663 g/mol. The van der Waals surface area contributed by atoms with Gasteiger partial charge in [-0.1, -0.05) is 0 Å². The second-order valence-electron chi connectivity index (χ2n) is 10.9. The molecule has 4 aromatic carbocycles. The summed E-state index contributed by atoms with van der Waals surface area (Å²) in [4.78, 5) is 0. The number of hydrogen-bond donors (Lipinski definition) is 0. The fraction of sp³-hybridized carbons (Fsp3) is 0.212.